The molecule has 1 saturated heterocycles. The van der Waals surface area contributed by atoms with Gasteiger partial charge in [-0.2, -0.15) is 4.39 Å². The fourth-order valence-corrected chi connectivity index (χ4v) is 4.01. The van der Waals surface area contributed by atoms with Crippen LogP contribution in [0.15, 0.2) is 54.7 Å². The fourth-order valence-electron chi connectivity index (χ4n) is 3.82. The van der Waals surface area contributed by atoms with Gasteiger partial charge in [-0.05, 0) is 30.3 Å². The Kier molecular flexibility index (Phi) is 6.97. The van der Waals surface area contributed by atoms with E-state index in [1.807, 2.05) is 0 Å². The van der Waals surface area contributed by atoms with Crippen molar-refractivity contribution in [3.05, 3.63) is 77.2 Å². The van der Waals surface area contributed by atoms with Crippen LogP contribution in [0.5, 0.6) is 11.5 Å². The van der Waals surface area contributed by atoms with Crippen LogP contribution in [0.2, 0.25) is 5.02 Å². The van der Waals surface area contributed by atoms with E-state index >= 15 is 4.39 Å². The number of anilines is 3. The number of nitrogens with zero attached hydrogens (tertiary/aromatic N) is 3. The average molecular weight is 529 g/mol. The average Bonchev–Trinajstić information content (AvgIpc) is 2.90. The fraction of sp³-hybridized carbons (Fsp3) is 0.160. The van der Waals surface area contributed by atoms with Gasteiger partial charge in [-0.15, -0.1) is 0 Å². The molecule has 37 heavy (non-hydrogen) atoms. The minimum Gasteiger partial charge on any atom is -0.451 e. The van der Waals surface area contributed by atoms with Crippen molar-refractivity contribution in [1.82, 2.24) is 15.3 Å². The van der Waals surface area contributed by atoms with E-state index < -0.39 is 34.9 Å². The van der Waals surface area contributed by atoms with Crippen LogP contribution in [-0.2, 0) is 0 Å². The van der Waals surface area contributed by atoms with Gasteiger partial charge >= 0.3 is 6.03 Å². The molecule has 12 heteroatoms. The van der Waals surface area contributed by atoms with Gasteiger partial charge in [0.2, 0.25) is 11.6 Å². The molecular formula is C25H20ClF3N6O2. The summed E-state index contributed by atoms with van der Waals surface area (Å²) in [5, 5.41) is 8.22. The second-order valence-corrected chi connectivity index (χ2v) is 8.61. The van der Waals surface area contributed by atoms with E-state index in [-0.39, 0.29) is 5.75 Å². The summed E-state index contributed by atoms with van der Waals surface area (Å²) in [5.41, 5.74) is 0.688. The highest BCUT2D eigenvalue weighted by Gasteiger charge is 2.23. The molecule has 0 radical (unpaired) electrons. The van der Waals surface area contributed by atoms with Crippen LogP contribution in [0.3, 0.4) is 0 Å². The first-order chi connectivity index (χ1) is 17.9. The summed E-state index contributed by atoms with van der Waals surface area (Å²) in [6.07, 6.45) is 1.66. The molecule has 1 fully saturated rings. The first-order valence-corrected chi connectivity index (χ1v) is 11.7. The molecule has 0 aliphatic carbocycles. The van der Waals surface area contributed by atoms with E-state index in [4.69, 9.17) is 16.3 Å². The molecule has 0 unspecified atom stereocenters. The highest BCUT2D eigenvalue weighted by molar-refractivity contribution is 6.30. The van der Waals surface area contributed by atoms with Gasteiger partial charge in [-0.1, -0.05) is 17.7 Å². The number of amides is 2. The molecule has 1 aliphatic rings. The van der Waals surface area contributed by atoms with Gasteiger partial charge in [0.25, 0.3) is 0 Å². The third-order valence-corrected chi connectivity index (χ3v) is 5.84. The molecule has 2 amide bonds. The molecule has 1 aliphatic heterocycles. The number of carbonyl (C=O) groups excluding carboxylic acids is 1. The summed E-state index contributed by atoms with van der Waals surface area (Å²) < 4.78 is 49.4. The molecule has 3 aromatic carbocycles. The Bertz CT molecular complexity index is 1480. The zero-order chi connectivity index (χ0) is 25.9. The Morgan fingerprint density at radius 1 is 1.00 bits per heavy atom. The van der Waals surface area contributed by atoms with E-state index in [1.54, 1.807) is 30.5 Å². The van der Waals surface area contributed by atoms with E-state index in [0.717, 1.165) is 26.2 Å². The molecular weight excluding hydrogens is 509 g/mol. The Hall–Kier alpha value is -4.09. The standard InChI is InChI=1S/C25H20ClF3N6O2/c26-14-2-1-3-15(10-14)32-25(36)34-20-12-17(27)22(28)24(23(20)29)37-16-4-5-18-19(11-16)33-21(13-31-18)35-8-6-30-7-9-35/h1-5,10-13,30H,6-9H2,(H2,32,34,36). The number of hydrogen-bond donors (Lipinski definition) is 3. The third kappa shape index (κ3) is 5.52. The van der Waals surface area contributed by atoms with Crippen molar-refractivity contribution in [3.63, 3.8) is 0 Å². The van der Waals surface area contributed by atoms with Gasteiger partial charge in [0.1, 0.15) is 11.6 Å². The van der Waals surface area contributed by atoms with Gasteiger partial charge in [-0.3, -0.25) is 4.98 Å². The lowest BCUT2D eigenvalue weighted by Crippen LogP contribution is -2.43. The Labute approximate surface area is 214 Å². The molecule has 1 aromatic heterocycles. The summed E-state index contributed by atoms with van der Waals surface area (Å²) in [6, 6.07) is 10.3. The summed E-state index contributed by atoms with van der Waals surface area (Å²) in [4.78, 5) is 23.3. The zero-order valence-electron chi connectivity index (χ0n) is 19.2. The maximum atomic E-state index is 15.1. The molecule has 0 atom stereocenters. The van der Waals surface area contributed by atoms with Crippen LogP contribution >= 0.6 is 11.6 Å². The van der Waals surface area contributed by atoms with Crippen LogP contribution in [0, 0.1) is 17.5 Å². The Morgan fingerprint density at radius 3 is 2.59 bits per heavy atom. The van der Waals surface area contributed by atoms with Crippen LogP contribution in [-0.4, -0.2) is 42.2 Å². The van der Waals surface area contributed by atoms with Crippen LogP contribution < -0.4 is 25.6 Å². The lowest BCUT2D eigenvalue weighted by Gasteiger charge is -2.28. The highest BCUT2D eigenvalue weighted by atomic mass is 35.5. The van der Waals surface area contributed by atoms with Gasteiger partial charge < -0.3 is 25.6 Å². The van der Waals surface area contributed by atoms with Crippen molar-refractivity contribution in [1.29, 1.82) is 0 Å². The SMILES string of the molecule is O=C(Nc1cccc(Cl)c1)Nc1cc(F)c(F)c(Oc2ccc3ncc(N4CCNCC4)nc3c2)c1F. The third-order valence-electron chi connectivity index (χ3n) is 5.61. The number of halogens is 4. The number of benzene rings is 3. The predicted molar refractivity (Wildman–Crippen MR) is 135 cm³/mol. The topological polar surface area (TPSA) is 91.4 Å². The molecule has 5 rings (SSSR count). The number of piperazine rings is 1. The van der Waals surface area contributed by atoms with E-state index in [0.29, 0.717) is 33.6 Å². The molecule has 2 heterocycles. The predicted octanol–water partition coefficient (Wildman–Crippen LogP) is 5.55. The highest BCUT2D eigenvalue weighted by Crippen LogP contribution is 2.35. The van der Waals surface area contributed by atoms with E-state index in [2.05, 4.69) is 30.8 Å². The summed E-state index contributed by atoms with van der Waals surface area (Å²) in [7, 11) is 0. The molecule has 0 spiro atoms. The van der Waals surface area contributed by atoms with Gasteiger partial charge in [0.15, 0.2) is 11.6 Å². The number of fused-ring (bicyclic) bond motifs is 1. The maximum Gasteiger partial charge on any atom is 0.323 e. The van der Waals surface area contributed by atoms with Crippen molar-refractivity contribution < 1.29 is 22.7 Å². The van der Waals surface area contributed by atoms with Crippen molar-refractivity contribution in [2.75, 3.05) is 41.7 Å². The number of urea groups is 1. The van der Waals surface area contributed by atoms with Crippen molar-refractivity contribution >= 4 is 45.9 Å². The number of aromatic nitrogens is 2. The lowest BCUT2D eigenvalue weighted by molar-refractivity contribution is 0.262. The molecule has 0 bridgehead atoms. The second kappa shape index (κ2) is 10.5. The summed E-state index contributed by atoms with van der Waals surface area (Å²) in [6.45, 7) is 3.15. The van der Waals surface area contributed by atoms with Crippen molar-refractivity contribution in [2.45, 2.75) is 0 Å². The molecule has 0 saturated carbocycles. The molecule has 4 aromatic rings. The molecule has 190 valence electrons. The number of rotatable bonds is 5. The van der Waals surface area contributed by atoms with E-state index in [1.165, 1.54) is 18.2 Å². The number of ether oxygens (including phenoxy) is 1. The number of hydrogen-bond acceptors (Lipinski definition) is 6. The normalized spacial score (nSPS) is 13.5. The van der Waals surface area contributed by atoms with Crippen molar-refractivity contribution in [2.24, 2.45) is 0 Å². The monoisotopic (exact) mass is 528 g/mol. The van der Waals surface area contributed by atoms with Gasteiger partial charge in [-0.25, -0.2) is 18.6 Å². The molecule has 8 nitrogen and oxygen atoms in total. The Morgan fingerprint density at radius 2 is 1.81 bits per heavy atom. The van der Waals surface area contributed by atoms with Gasteiger partial charge in [0, 0.05) is 49.0 Å². The first kappa shape index (κ1) is 24.6. The van der Waals surface area contributed by atoms with Crippen molar-refractivity contribution in [3.8, 4) is 11.5 Å². The van der Waals surface area contributed by atoms with Crippen LogP contribution in [0.25, 0.3) is 11.0 Å². The largest absolute Gasteiger partial charge is 0.451 e. The quantitative estimate of drug-likeness (QED) is 0.294. The van der Waals surface area contributed by atoms with Crippen LogP contribution in [0.1, 0.15) is 0 Å². The minimum absolute atomic E-state index is 0.0111. The smallest absolute Gasteiger partial charge is 0.323 e. The first-order valence-electron chi connectivity index (χ1n) is 11.3. The summed E-state index contributed by atoms with van der Waals surface area (Å²) in [5.74, 6) is -4.58. The molecule has 3 N–H and O–H groups in total. The van der Waals surface area contributed by atoms with Crippen LogP contribution in [0.4, 0.5) is 35.2 Å². The minimum atomic E-state index is -1.54. The number of carbonyl (C=O) groups is 1. The summed E-state index contributed by atoms with van der Waals surface area (Å²) >= 11 is 5.88. The van der Waals surface area contributed by atoms with Gasteiger partial charge in [0.05, 0.1) is 22.9 Å². The lowest BCUT2D eigenvalue weighted by atomic mass is 10.2. The Balaban J connectivity index is 1.39. The van der Waals surface area contributed by atoms with E-state index in [9.17, 15) is 13.6 Å². The zero-order valence-corrected chi connectivity index (χ0v) is 20.0. The maximum absolute atomic E-state index is 15.1. The number of nitrogens with one attached hydrogen (secondary N) is 3. The second-order valence-electron chi connectivity index (χ2n) is 8.17.